The van der Waals surface area contributed by atoms with Gasteiger partial charge in [0.25, 0.3) is 0 Å². The van der Waals surface area contributed by atoms with Crippen molar-refractivity contribution in [2.45, 2.75) is 30.3 Å². The highest BCUT2D eigenvalue weighted by atomic mass is 32.2. The van der Waals surface area contributed by atoms with Crippen molar-refractivity contribution in [3.05, 3.63) is 47.8 Å². The van der Waals surface area contributed by atoms with Crippen LogP contribution >= 0.6 is 11.8 Å². The van der Waals surface area contributed by atoms with Crippen LogP contribution in [0.25, 0.3) is 0 Å². The Labute approximate surface area is 130 Å². The predicted octanol–water partition coefficient (Wildman–Crippen LogP) is 3.23. The first kappa shape index (κ1) is 15.8. The molecule has 0 aliphatic carbocycles. The Balaban J connectivity index is 2.12. The van der Waals surface area contributed by atoms with Crippen LogP contribution in [-0.4, -0.2) is 29.4 Å². The first-order valence-corrected chi connectivity index (χ1v) is 7.79. The van der Waals surface area contributed by atoms with Gasteiger partial charge in [-0.15, -0.1) is 0 Å². The highest BCUT2D eigenvalue weighted by molar-refractivity contribution is 7.99. The molecule has 1 aromatic carbocycles. The molecule has 2 rings (SSSR count). The van der Waals surface area contributed by atoms with Gasteiger partial charge in [0.05, 0.1) is 7.11 Å². The molecule has 0 saturated heterocycles. The van der Waals surface area contributed by atoms with Crippen molar-refractivity contribution in [3.8, 4) is 5.75 Å². The summed E-state index contributed by atoms with van der Waals surface area (Å²) >= 11 is 1.68. The molecule has 1 heterocycles. The molecule has 2 unspecified atom stereocenters. The molecule has 0 aliphatic rings. The second-order valence-corrected chi connectivity index (χ2v) is 6.19. The fourth-order valence-corrected chi connectivity index (χ4v) is 3.28. The van der Waals surface area contributed by atoms with Gasteiger partial charge in [-0.05, 0) is 37.7 Å². The molecule has 4 nitrogen and oxygen atoms in total. The van der Waals surface area contributed by atoms with Crippen LogP contribution in [0.2, 0.25) is 0 Å². The summed E-state index contributed by atoms with van der Waals surface area (Å²) in [4.78, 5) is 8.78. The molecule has 5 heteroatoms. The van der Waals surface area contributed by atoms with Crippen LogP contribution in [0.4, 0.5) is 0 Å². The smallest absolute Gasteiger partial charge is 0.188 e. The third-order valence-corrected chi connectivity index (χ3v) is 4.37. The Bertz CT molecular complexity index is 574. The number of benzene rings is 1. The van der Waals surface area contributed by atoms with Gasteiger partial charge in [0.2, 0.25) is 0 Å². The molecule has 2 atom stereocenters. The lowest BCUT2D eigenvalue weighted by Gasteiger charge is -2.23. The number of nitrogens with one attached hydrogen (secondary N) is 1. The average molecular weight is 303 g/mol. The van der Waals surface area contributed by atoms with E-state index in [1.807, 2.05) is 32.2 Å². The van der Waals surface area contributed by atoms with Gasteiger partial charge in [-0.1, -0.05) is 30.8 Å². The quantitative estimate of drug-likeness (QED) is 0.656. The molecular formula is C16H21N3OS. The molecular weight excluding hydrogens is 282 g/mol. The summed E-state index contributed by atoms with van der Waals surface area (Å²) in [7, 11) is 3.65. The number of aryl methyl sites for hydroxylation is 1. The van der Waals surface area contributed by atoms with Crippen LogP contribution in [-0.2, 0) is 0 Å². The third-order valence-electron chi connectivity index (χ3n) is 3.32. The lowest BCUT2D eigenvalue weighted by Crippen LogP contribution is -2.25. The summed E-state index contributed by atoms with van der Waals surface area (Å²) in [5.74, 6) is 0.871. The molecule has 1 N–H and O–H groups in total. The number of hydrogen-bond acceptors (Lipinski definition) is 5. The number of methoxy groups -OCH3 is 1. The van der Waals surface area contributed by atoms with E-state index in [-0.39, 0.29) is 6.04 Å². The van der Waals surface area contributed by atoms with Crippen LogP contribution in [0, 0.1) is 6.92 Å². The summed E-state index contributed by atoms with van der Waals surface area (Å²) < 4.78 is 5.21. The van der Waals surface area contributed by atoms with Crippen LogP contribution in [0.1, 0.15) is 24.2 Å². The van der Waals surface area contributed by atoms with Gasteiger partial charge >= 0.3 is 0 Å². The lowest BCUT2D eigenvalue weighted by molar-refractivity contribution is 0.414. The van der Waals surface area contributed by atoms with E-state index in [9.17, 15) is 0 Å². The fraction of sp³-hybridized carbons (Fsp3) is 0.375. The molecule has 0 amide bonds. The zero-order valence-corrected chi connectivity index (χ0v) is 13.6. The molecule has 0 radical (unpaired) electrons. The number of rotatable bonds is 6. The monoisotopic (exact) mass is 303 g/mol. The van der Waals surface area contributed by atoms with Crippen LogP contribution < -0.4 is 10.1 Å². The second-order valence-electron chi connectivity index (χ2n) is 4.84. The van der Waals surface area contributed by atoms with Gasteiger partial charge in [0, 0.05) is 23.2 Å². The zero-order valence-electron chi connectivity index (χ0n) is 12.8. The van der Waals surface area contributed by atoms with E-state index in [1.165, 1.54) is 5.56 Å². The predicted molar refractivity (Wildman–Crippen MR) is 86.9 cm³/mol. The average Bonchev–Trinajstić information content (AvgIpc) is 2.48. The Morgan fingerprint density at radius 3 is 2.48 bits per heavy atom. The van der Waals surface area contributed by atoms with Gasteiger partial charge in [-0.2, -0.15) is 0 Å². The summed E-state index contributed by atoms with van der Waals surface area (Å²) in [5, 5.41) is 4.50. The Morgan fingerprint density at radius 1 is 1.19 bits per heavy atom. The van der Waals surface area contributed by atoms with E-state index >= 15 is 0 Å². The van der Waals surface area contributed by atoms with Gasteiger partial charge in [0.1, 0.15) is 5.75 Å². The van der Waals surface area contributed by atoms with Crippen molar-refractivity contribution >= 4 is 11.8 Å². The van der Waals surface area contributed by atoms with Crippen molar-refractivity contribution in [3.63, 3.8) is 0 Å². The standard InChI is InChI=1S/C16H21N3OS/c1-11-9-10-18-16(19-11)21-12(2)15(17-3)13-5-7-14(20-4)8-6-13/h5-10,12,15,17H,1-4H3. The number of hydrogen-bond donors (Lipinski definition) is 1. The Kier molecular flexibility index (Phi) is 5.59. The van der Waals surface area contributed by atoms with Gasteiger partial charge < -0.3 is 10.1 Å². The number of nitrogens with zero attached hydrogens (tertiary/aromatic N) is 2. The van der Waals surface area contributed by atoms with Crippen molar-refractivity contribution in [1.29, 1.82) is 0 Å². The molecule has 0 spiro atoms. The maximum atomic E-state index is 5.21. The van der Waals surface area contributed by atoms with E-state index in [0.29, 0.717) is 5.25 Å². The highest BCUT2D eigenvalue weighted by Gasteiger charge is 2.19. The topological polar surface area (TPSA) is 47.0 Å². The summed E-state index contributed by atoms with van der Waals surface area (Å²) in [5.41, 5.74) is 2.22. The van der Waals surface area contributed by atoms with E-state index in [0.717, 1.165) is 16.6 Å². The third kappa shape index (κ3) is 4.19. The van der Waals surface area contributed by atoms with Gasteiger partial charge in [-0.25, -0.2) is 9.97 Å². The second kappa shape index (κ2) is 7.43. The van der Waals surface area contributed by atoms with Crippen LogP contribution in [0.15, 0.2) is 41.7 Å². The number of thioether (sulfide) groups is 1. The van der Waals surface area contributed by atoms with Crippen molar-refractivity contribution in [2.24, 2.45) is 0 Å². The first-order chi connectivity index (χ1) is 10.1. The van der Waals surface area contributed by atoms with Gasteiger partial charge in [0.15, 0.2) is 5.16 Å². The molecule has 2 aromatic rings. The van der Waals surface area contributed by atoms with Crippen molar-refractivity contribution < 1.29 is 4.74 Å². The minimum absolute atomic E-state index is 0.227. The summed E-state index contributed by atoms with van der Waals surface area (Å²) in [6.45, 7) is 4.16. The summed E-state index contributed by atoms with van der Waals surface area (Å²) in [6, 6.07) is 10.3. The normalized spacial score (nSPS) is 13.7. The minimum Gasteiger partial charge on any atom is -0.497 e. The molecule has 0 bridgehead atoms. The lowest BCUT2D eigenvalue weighted by atomic mass is 10.0. The number of ether oxygens (including phenoxy) is 1. The Morgan fingerprint density at radius 2 is 1.90 bits per heavy atom. The van der Waals surface area contributed by atoms with Crippen molar-refractivity contribution in [1.82, 2.24) is 15.3 Å². The van der Waals surface area contributed by atoms with Crippen LogP contribution in [0.3, 0.4) is 0 Å². The minimum atomic E-state index is 0.227. The molecule has 112 valence electrons. The molecule has 21 heavy (non-hydrogen) atoms. The molecule has 0 saturated carbocycles. The maximum absolute atomic E-state index is 5.21. The van der Waals surface area contributed by atoms with E-state index in [4.69, 9.17) is 4.74 Å². The molecule has 0 fully saturated rings. The molecule has 1 aromatic heterocycles. The van der Waals surface area contributed by atoms with E-state index in [2.05, 4.69) is 34.3 Å². The Hall–Kier alpha value is -1.59. The van der Waals surface area contributed by atoms with Crippen LogP contribution in [0.5, 0.6) is 5.75 Å². The fourth-order valence-electron chi connectivity index (χ4n) is 2.20. The van der Waals surface area contributed by atoms with Gasteiger partial charge in [-0.3, -0.25) is 0 Å². The highest BCUT2D eigenvalue weighted by Crippen LogP contribution is 2.30. The van der Waals surface area contributed by atoms with E-state index in [1.54, 1.807) is 25.1 Å². The summed E-state index contributed by atoms with van der Waals surface area (Å²) in [6.07, 6.45) is 1.80. The SMILES string of the molecule is CNC(c1ccc(OC)cc1)C(C)Sc1nccc(C)n1. The van der Waals surface area contributed by atoms with E-state index < -0.39 is 0 Å². The van der Waals surface area contributed by atoms with Crippen molar-refractivity contribution in [2.75, 3.05) is 14.2 Å². The zero-order chi connectivity index (χ0) is 15.2. The largest absolute Gasteiger partial charge is 0.497 e. The number of aromatic nitrogens is 2. The first-order valence-electron chi connectivity index (χ1n) is 6.91. The maximum Gasteiger partial charge on any atom is 0.188 e. The molecule has 0 aliphatic heterocycles.